The van der Waals surface area contributed by atoms with E-state index in [2.05, 4.69) is 46.9 Å². The predicted molar refractivity (Wildman–Crippen MR) is 139 cm³/mol. The summed E-state index contributed by atoms with van der Waals surface area (Å²) in [5, 5.41) is 5.40. The van der Waals surface area contributed by atoms with Crippen LogP contribution in [0.1, 0.15) is 0 Å². The standard InChI is InChI=1S/C26H29N9O/c36-24(33-14-10-31(11-15-33)21-6-2-1-3-7-21)19-35-26-22(18-30-35)25(28-20-29-26)34-16-12-32(13-17-34)23-8-4-5-9-27-23/h1-9,18,20H,10-17,19H2. The van der Waals surface area contributed by atoms with Crippen LogP contribution in [0.2, 0.25) is 0 Å². The Morgan fingerprint density at radius 2 is 1.47 bits per heavy atom. The topological polar surface area (TPSA) is 86.5 Å². The summed E-state index contributed by atoms with van der Waals surface area (Å²) in [5.41, 5.74) is 1.90. The lowest BCUT2D eigenvalue weighted by Crippen LogP contribution is -2.49. The second kappa shape index (κ2) is 9.80. The molecule has 0 atom stereocenters. The van der Waals surface area contributed by atoms with Crippen LogP contribution in [0.15, 0.2) is 67.3 Å². The highest BCUT2D eigenvalue weighted by atomic mass is 16.2. The van der Waals surface area contributed by atoms with Crippen LogP contribution in [0, 0.1) is 0 Å². The van der Waals surface area contributed by atoms with Gasteiger partial charge in [-0.2, -0.15) is 5.10 Å². The number of hydrogen-bond donors (Lipinski definition) is 0. The number of carbonyl (C=O) groups is 1. The summed E-state index contributed by atoms with van der Waals surface area (Å²) in [4.78, 5) is 35.4. The Balaban J connectivity index is 1.10. The minimum atomic E-state index is 0.0665. The molecule has 2 aliphatic rings. The first-order valence-corrected chi connectivity index (χ1v) is 12.4. The van der Waals surface area contributed by atoms with Crippen molar-refractivity contribution in [1.82, 2.24) is 29.6 Å². The van der Waals surface area contributed by atoms with Gasteiger partial charge in [0.05, 0.1) is 11.6 Å². The van der Waals surface area contributed by atoms with E-state index in [1.54, 1.807) is 17.2 Å². The molecule has 0 spiro atoms. The lowest BCUT2D eigenvalue weighted by Gasteiger charge is -2.36. The van der Waals surface area contributed by atoms with Crippen molar-refractivity contribution in [3.8, 4) is 0 Å². The van der Waals surface area contributed by atoms with Crippen LogP contribution >= 0.6 is 0 Å². The van der Waals surface area contributed by atoms with E-state index in [1.807, 2.05) is 47.5 Å². The summed E-state index contributed by atoms with van der Waals surface area (Å²) >= 11 is 0. The van der Waals surface area contributed by atoms with Gasteiger partial charge in [-0.25, -0.2) is 19.6 Å². The number of amides is 1. The molecule has 36 heavy (non-hydrogen) atoms. The average Bonchev–Trinajstić information content (AvgIpc) is 3.37. The molecule has 1 aromatic carbocycles. The number of nitrogens with zero attached hydrogens (tertiary/aromatic N) is 9. The highest BCUT2D eigenvalue weighted by Gasteiger charge is 2.25. The van der Waals surface area contributed by atoms with Gasteiger partial charge in [-0.05, 0) is 24.3 Å². The molecule has 0 aliphatic carbocycles. The van der Waals surface area contributed by atoms with E-state index in [9.17, 15) is 4.79 Å². The van der Waals surface area contributed by atoms with Gasteiger partial charge in [-0.3, -0.25) is 4.79 Å². The second-order valence-electron chi connectivity index (χ2n) is 9.10. The molecule has 1 amide bonds. The lowest BCUT2D eigenvalue weighted by molar-refractivity contribution is -0.132. The molecular formula is C26H29N9O. The van der Waals surface area contributed by atoms with Crippen molar-refractivity contribution in [2.45, 2.75) is 6.54 Å². The molecule has 0 bridgehead atoms. The number of para-hydroxylation sites is 1. The molecular weight excluding hydrogens is 454 g/mol. The SMILES string of the molecule is O=C(Cn1ncc2c(N3CCN(c4ccccn4)CC3)ncnc21)N1CCN(c2ccccc2)CC1. The Morgan fingerprint density at radius 3 is 2.22 bits per heavy atom. The van der Waals surface area contributed by atoms with Crippen molar-refractivity contribution >= 4 is 34.3 Å². The van der Waals surface area contributed by atoms with Crippen molar-refractivity contribution in [2.75, 3.05) is 67.1 Å². The van der Waals surface area contributed by atoms with Crippen molar-refractivity contribution < 1.29 is 4.79 Å². The summed E-state index contributed by atoms with van der Waals surface area (Å²) in [5.74, 6) is 1.94. The van der Waals surface area contributed by atoms with E-state index in [4.69, 9.17) is 0 Å². The van der Waals surface area contributed by atoms with E-state index in [0.717, 1.165) is 56.3 Å². The number of rotatable bonds is 5. The third-order valence-corrected chi connectivity index (χ3v) is 7.00. The molecule has 0 unspecified atom stereocenters. The van der Waals surface area contributed by atoms with Gasteiger partial charge in [-0.15, -0.1) is 0 Å². The van der Waals surface area contributed by atoms with Crippen LogP contribution in [0.3, 0.4) is 0 Å². The Kier molecular flexibility index (Phi) is 6.06. The monoisotopic (exact) mass is 483 g/mol. The van der Waals surface area contributed by atoms with E-state index in [-0.39, 0.29) is 12.5 Å². The Morgan fingerprint density at radius 1 is 0.750 bits per heavy atom. The Hall–Kier alpha value is -4.21. The number of pyridine rings is 1. The van der Waals surface area contributed by atoms with Gasteiger partial charge >= 0.3 is 0 Å². The van der Waals surface area contributed by atoms with E-state index in [0.29, 0.717) is 18.7 Å². The first kappa shape index (κ1) is 22.3. The molecule has 10 nitrogen and oxygen atoms in total. The maximum absolute atomic E-state index is 13.1. The molecule has 2 aliphatic heterocycles. The molecule has 0 N–H and O–H groups in total. The average molecular weight is 484 g/mol. The molecule has 4 aromatic rings. The quantitative estimate of drug-likeness (QED) is 0.426. The van der Waals surface area contributed by atoms with Gasteiger partial charge in [0.2, 0.25) is 5.91 Å². The summed E-state index contributed by atoms with van der Waals surface area (Å²) in [6.45, 7) is 6.63. The van der Waals surface area contributed by atoms with Crippen molar-refractivity contribution in [3.63, 3.8) is 0 Å². The second-order valence-corrected chi connectivity index (χ2v) is 9.10. The largest absolute Gasteiger partial charge is 0.368 e. The summed E-state index contributed by atoms with van der Waals surface area (Å²) in [6.07, 6.45) is 5.19. The predicted octanol–water partition coefficient (Wildman–Crippen LogP) is 1.90. The van der Waals surface area contributed by atoms with Gasteiger partial charge in [0.15, 0.2) is 5.65 Å². The fourth-order valence-electron chi connectivity index (χ4n) is 5.02. The van der Waals surface area contributed by atoms with Crippen LogP contribution in [0.25, 0.3) is 11.0 Å². The molecule has 6 rings (SSSR count). The van der Waals surface area contributed by atoms with Gasteiger partial charge in [0.25, 0.3) is 0 Å². The molecule has 10 heteroatoms. The van der Waals surface area contributed by atoms with Gasteiger partial charge in [0, 0.05) is 64.2 Å². The van der Waals surface area contributed by atoms with Crippen LogP contribution in [-0.2, 0) is 11.3 Å². The zero-order valence-corrected chi connectivity index (χ0v) is 20.1. The highest BCUT2D eigenvalue weighted by molar-refractivity contribution is 5.88. The van der Waals surface area contributed by atoms with Crippen molar-refractivity contribution in [1.29, 1.82) is 0 Å². The zero-order valence-electron chi connectivity index (χ0n) is 20.1. The van der Waals surface area contributed by atoms with Crippen LogP contribution < -0.4 is 14.7 Å². The van der Waals surface area contributed by atoms with Crippen LogP contribution in [-0.4, -0.2) is 87.9 Å². The lowest BCUT2D eigenvalue weighted by atomic mass is 10.2. The molecule has 2 saturated heterocycles. The van der Waals surface area contributed by atoms with E-state index >= 15 is 0 Å². The number of benzene rings is 1. The third-order valence-electron chi connectivity index (χ3n) is 7.00. The van der Waals surface area contributed by atoms with Crippen LogP contribution in [0.4, 0.5) is 17.3 Å². The first-order valence-electron chi connectivity index (χ1n) is 12.4. The van der Waals surface area contributed by atoms with Crippen molar-refractivity contribution in [2.24, 2.45) is 0 Å². The number of piperazine rings is 2. The summed E-state index contributed by atoms with van der Waals surface area (Å²) in [7, 11) is 0. The smallest absolute Gasteiger partial charge is 0.244 e. The number of carbonyl (C=O) groups excluding carboxylic acids is 1. The fourth-order valence-corrected chi connectivity index (χ4v) is 5.02. The summed E-state index contributed by atoms with van der Waals surface area (Å²) in [6, 6.07) is 16.3. The molecule has 0 saturated carbocycles. The summed E-state index contributed by atoms with van der Waals surface area (Å²) < 4.78 is 1.70. The number of aromatic nitrogens is 5. The molecule has 0 radical (unpaired) electrons. The molecule has 3 aromatic heterocycles. The Bertz CT molecular complexity index is 1310. The normalized spacial score (nSPS) is 16.6. The fraction of sp³-hybridized carbons (Fsp3) is 0.346. The number of hydrogen-bond acceptors (Lipinski definition) is 8. The van der Waals surface area contributed by atoms with Crippen molar-refractivity contribution in [3.05, 3.63) is 67.3 Å². The van der Waals surface area contributed by atoms with E-state index in [1.165, 1.54) is 5.69 Å². The number of fused-ring (bicyclic) bond motifs is 1. The maximum atomic E-state index is 13.1. The van der Waals surface area contributed by atoms with E-state index < -0.39 is 0 Å². The highest BCUT2D eigenvalue weighted by Crippen LogP contribution is 2.25. The first-order chi connectivity index (χ1) is 17.8. The Labute approximate surface area is 209 Å². The minimum Gasteiger partial charge on any atom is -0.368 e. The third kappa shape index (κ3) is 4.41. The zero-order chi connectivity index (χ0) is 24.3. The number of anilines is 3. The maximum Gasteiger partial charge on any atom is 0.244 e. The molecule has 5 heterocycles. The van der Waals surface area contributed by atoms with Gasteiger partial charge in [0.1, 0.15) is 24.5 Å². The van der Waals surface area contributed by atoms with Gasteiger partial charge < -0.3 is 19.6 Å². The van der Waals surface area contributed by atoms with Crippen LogP contribution in [0.5, 0.6) is 0 Å². The minimum absolute atomic E-state index is 0.0665. The molecule has 184 valence electrons. The molecule has 2 fully saturated rings. The van der Waals surface area contributed by atoms with Gasteiger partial charge in [-0.1, -0.05) is 24.3 Å².